The number of sulfonamides is 1. The minimum Gasteiger partial charge on any atom is -0.352 e. The standard InChI is InChI=1S/C31H37Cl2N3O4S/c1-5-22(3)34-31(38)29(19-23-12-8-7-9-13-23)35(20-24-16-17-26(32)27(33)18-24)30(37)21-36(41(4,39)40)28-15-11-10-14-25(28)6-2/h7-18,22,29H,5-6,19-21H2,1-4H3,(H,34,38)/t22-,29+/m0/s1. The van der Waals surface area contributed by atoms with E-state index in [1.54, 1.807) is 30.3 Å². The second kappa shape index (κ2) is 14.7. The number of amides is 2. The molecular weight excluding hydrogens is 581 g/mol. The molecule has 0 aliphatic rings. The Morgan fingerprint density at radius 2 is 1.56 bits per heavy atom. The number of carbonyl (C=O) groups excluding carboxylic acids is 2. The maximum absolute atomic E-state index is 14.2. The van der Waals surface area contributed by atoms with Crippen LogP contribution in [0.25, 0.3) is 0 Å². The summed E-state index contributed by atoms with van der Waals surface area (Å²) < 4.78 is 27.2. The van der Waals surface area contributed by atoms with E-state index < -0.39 is 28.5 Å². The van der Waals surface area contributed by atoms with Crippen LogP contribution in [-0.4, -0.2) is 50.0 Å². The van der Waals surface area contributed by atoms with Crippen molar-refractivity contribution in [1.29, 1.82) is 0 Å². The van der Waals surface area contributed by atoms with Crippen molar-refractivity contribution in [3.05, 3.63) is 99.5 Å². The summed E-state index contributed by atoms with van der Waals surface area (Å²) in [4.78, 5) is 29.4. The van der Waals surface area contributed by atoms with Gasteiger partial charge < -0.3 is 10.2 Å². The largest absolute Gasteiger partial charge is 0.352 e. The van der Waals surface area contributed by atoms with Crippen molar-refractivity contribution in [3.8, 4) is 0 Å². The fraction of sp³-hybridized carbons (Fsp3) is 0.355. The van der Waals surface area contributed by atoms with Crippen molar-refractivity contribution in [2.45, 2.75) is 58.7 Å². The Hall–Kier alpha value is -3.07. The maximum atomic E-state index is 14.2. The third kappa shape index (κ3) is 8.96. The molecule has 2 atom stereocenters. The average Bonchev–Trinajstić information content (AvgIpc) is 2.95. The first-order valence-electron chi connectivity index (χ1n) is 13.6. The minimum absolute atomic E-state index is 0.0220. The topological polar surface area (TPSA) is 86.8 Å². The lowest BCUT2D eigenvalue weighted by Crippen LogP contribution is -2.54. The van der Waals surface area contributed by atoms with Crippen LogP contribution < -0.4 is 9.62 Å². The SMILES string of the molecule is CCc1ccccc1N(CC(=O)N(Cc1ccc(Cl)c(Cl)c1)[C@H](Cc1ccccc1)C(=O)N[C@@H](C)CC)S(C)(=O)=O. The van der Waals surface area contributed by atoms with Gasteiger partial charge in [0.25, 0.3) is 0 Å². The predicted molar refractivity (Wildman–Crippen MR) is 167 cm³/mol. The summed E-state index contributed by atoms with van der Waals surface area (Å²) >= 11 is 12.4. The van der Waals surface area contributed by atoms with Crippen LogP contribution in [0.15, 0.2) is 72.8 Å². The van der Waals surface area contributed by atoms with Crippen molar-refractivity contribution in [1.82, 2.24) is 10.2 Å². The van der Waals surface area contributed by atoms with Crippen molar-refractivity contribution in [2.24, 2.45) is 0 Å². The van der Waals surface area contributed by atoms with Crippen molar-refractivity contribution in [2.75, 3.05) is 17.1 Å². The van der Waals surface area contributed by atoms with Gasteiger partial charge in [-0.15, -0.1) is 0 Å². The summed E-state index contributed by atoms with van der Waals surface area (Å²) in [5.41, 5.74) is 2.74. The maximum Gasteiger partial charge on any atom is 0.244 e. The number of hydrogen-bond acceptors (Lipinski definition) is 4. The molecule has 3 aromatic carbocycles. The highest BCUT2D eigenvalue weighted by Gasteiger charge is 2.33. The number of benzene rings is 3. The summed E-state index contributed by atoms with van der Waals surface area (Å²) in [6.07, 6.45) is 2.60. The number of anilines is 1. The Bertz CT molecular complexity index is 1450. The Morgan fingerprint density at radius 1 is 0.902 bits per heavy atom. The molecule has 0 bridgehead atoms. The third-order valence-corrected chi connectivity index (χ3v) is 8.79. The van der Waals surface area contributed by atoms with E-state index in [1.165, 1.54) is 4.90 Å². The summed E-state index contributed by atoms with van der Waals surface area (Å²) in [7, 11) is -3.85. The predicted octanol–water partition coefficient (Wildman–Crippen LogP) is 5.88. The molecule has 0 spiro atoms. The van der Waals surface area contributed by atoms with Gasteiger partial charge >= 0.3 is 0 Å². The van der Waals surface area contributed by atoms with Crippen LogP contribution >= 0.6 is 23.2 Å². The Balaban J connectivity index is 2.10. The Morgan fingerprint density at radius 3 is 2.17 bits per heavy atom. The van der Waals surface area contributed by atoms with Crippen molar-refractivity contribution < 1.29 is 18.0 Å². The molecule has 3 aromatic rings. The van der Waals surface area contributed by atoms with Crippen LogP contribution in [-0.2, 0) is 39.0 Å². The van der Waals surface area contributed by atoms with E-state index in [0.717, 1.165) is 21.7 Å². The zero-order valence-electron chi connectivity index (χ0n) is 23.8. The fourth-order valence-electron chi connectivity index (χ4n) is 4.48. The van der Waals surface area contributed by atoms with Gasteiger partial charge in [0.2, 0.25) is 21.8 Å². The number of para-hydroxylation sites is 1. The molecule has 0 radical (unpaired) electrons. The minimum atomic E-state index is -3.85. The smallest absolute Gasteiger partial charge is 0.244 e. The van der Waals surface area contributed by atoms with Gasteiger partial charge in [0.05, 0.1) is 22.0 Å². The summed E-state index contributed by atoms with van der Waals surface area (Å²) in [5.74, 6) is -0.843. The molecule has 0 aliphatic carbocycles. The molecule has 0 aromatic heterocycles. The van der Waals surface area contributed by atoms with Gasteiger partial charge in [-0.3, -0.25) is 13.9 Å². The number of halogens is 2. The number of rotatable bonds is 13. The molecule has 0 fully saturated rings. The number of carbonyl (C=O) groups is 2. The molecule has 0 saturated carbocycles. The molecule has 0 unspecified atom stereocenters. The highest BCUT2D eigenvalue weighted by atomic mass is 35.5. The quantitative estimate of drug-likeness (QED) is 0.260. The van der Waals surface area contributed by atoms with Crippen LogP contribution in [0.5, 0.6) is 0 Å². The van der Waals surface area contributed by atoms with E-state index in [-0.39, 0.29) is 24.9 Å². The second-order valence-corrected chi connectivity index (χ2v) is 12.8. The van der Waals surface area contributed by atoms with Crippen molar-refractivity contribution >= 4 is 50.7 Å². The fourth-order valence-corrected chi connectivity index (χ4v) is 5.68. The Labute approximate surface area is 253 Å². The summed E-state index contributed by atoms with van der Waals surface area (Å²) in [5, 5.41) is 3.69. The molecule has 2 amide bonds. The second-order valence-electron chi connectivity index (χ2n) is 10.0. The zero-order chi connectivity index (χ0) is 30.2. The molecular formula is C31H37Cl2N3O4S. The molecule has 0 heterocycles. The van der Waals surface area contributed by atoms with Crippen molar-refractivity contribution in [3.63, 3.8) is 0 Å². The van der Waals surface area contributed by atoms with Crippen LogP contribution in [0.2, 0.25) is 10.0 Å². The molecule has 220 valence electrons. The summed E-state index contributed by atoms with van der Waals surface area (Å²) in [6, 6.07) is 20.5. The normalized spacial score (nSPS) is 12.8. The first kappa shape index (κ1) is 32.4. The van der Waals surface area contributed by atoms with Gasteiger partial charge in [0, 0.05) is 19.0 Å². The Kier molecular flexibility index (Phi) is 11.6. The highest BCUT2D eigenvalue weighted by Crippen LogP contribution is 2.26. The van der Waals surface area contributed by atoms with E-state index in [9.17, 15) is 18.0 Å². The van der Waals surface area contributed by atoms with E-state index in [4.69, 9.17) is 23.2 Å². The van der Waals surface area contributed by atoms with Crippen LogP contribution in [0.1, 0.15) is 43.9 Å². The van der Waals surface area contributed by atoms with Crippen LogP contribution in [0, 0.1) is 0 Å². The lowest BCUT2D eigenvalue weighted by atomic mass is 10.0. The van der Waals surface area contributed by atoms with Gasteiger partial charge in [-0.1, -0.05) is 91.6 Å². The number of nitrogens with zero attached hydrogens (tertiary/aromatic N) is 2. The number of aryl methyl sites for hydroxylation is 1. The number of nitrogens with one attached hydrogen (secondary N) is 1. The highest BCUT2D eigenvalue weighted by molar-refractivity contribution is 7.92. The summed E-state index contributed by atoms with van der Waals surface area (Å²) in [6.45, 7) is 5.33. The van der Waals surface area contributed by atoms with Gasteiger partial charge in [0.15, 0.2) is 0 Å². The first-order valence-corrected chi connectivity index (χ1v) is 16.2. The van der Waals surface area contributed by atoms with E-state index in [1.807, 2.05) is 63.2 Å². The van der Waals surface area contributed by atoms with Gasteiger partial charge in [-0.25, -0.2) is 8.42 Å². The third-order valence-electron chi connectivity index (χ3n) is 6.93. The van der Waals surface area contributed by atoms with E-state index >= 15 is 0 Å². The van der Waals surface area contributed by atoms with Gasteiger partial charge in [-0.2, -0.15) is 0 Å². The molecule has 0 saturated heterocycles. The first-order chi connectivity index (χ1) is 19.4. The average molecular weight is 619 g/mol. The zero-order valence-corrected chi connectivity index (χ0v) is 26.1. The van der Waals surface area contributed by atoms with E-state index in [0.29, 0.717) is 34.1 Å². The van der Waals surface area contributed by atoms with E-state index in [2.05, 4.69) is 5.32 Å². The molecule has 3 rings (SSSR count). The lowest BCUT2D eigenvalue weighted by molar-refractivity contribution is -0.140. The number of hydrogen-bond donors (Lipinski definition) is 1. The molecule has 10 heteroatoms. The lowest BCUT2D eigenvalue weighted by Gasteiger charge is -2.34. The van der Waals surface area contributed by atoms with Crippen LogP contribution in [0.4, 0.5) is 5.69 Å². The molecule has 41 heavy (non-hydrogen) atoms. The monoisotopic (exact) mass is 617 g/mol. The molecule has 0 aliphatic heterocycles. The van der Waals surface area contributed by atoms with Gasteiger partial charge in [0.1, 0.15) is 12.6 Å². The van der Waals surface area contributed by atoms with Gasteiger partial charge in [-0.05, 0) is 54.7 Å². The molecule has 7 nitrogen and oxygen atoms in total. The molecule has 1 N–H and O–H groups in total. The van der Waals surface area contributed by atoms with Crippen LogP contribution in [0.3, 0.4) is 0 Å².